The van der Waals surface area contributed by atoms with Crippen LogP contribution in [0.2, 0.25) is 0 Å². The van der Waals surface area contributed by atoms with Crippen LogP contribution in [0.15, 0.2) is 29.2 Å². The van der Waals surface area contributed by atoms with Gasteiger partial charge in [-0.1, -0.05) is 24.6 Å². The highest BCUT2D eigenvalue weighted by Gasteiger charge is 2.41. The SMILES string of the molecule is NC1C2CCCC1CC(C(=O)NC1CSc3ccccc31)C2. The Bertz CT molecular complexity index is 562. The van der Waals surface area contributed by atoms with Crippen LogP contribution in [-0.2, 0) is 4.79 Å². The van der Waals surface area contributed by atoms with E-state index in [1.807, 2.05) is 11.8 Å². The molecule has 3 nitrogen and oxygen atoms in total. The van der Waals surface area contributed by atoms with E-state index in [1.165, 1.54) is 29.7 Å². The van der Waals surface area contributed by atoms with E-state index in [4.69, 9.17) is 5.73 Å². The normalized spacial score (nSPS) is 36.7. The van der Waals surface area contributed by atoms with Gasteiger partial charge in [0.05, 0.1) is 6.04 Å². The highest BCUT2D eigenvalue weighted by Crippen LogP contribution is 2.43. The fraction of sp³-hybridized carbons (Fsp3) is 0.611. The first-order valence-corrected chi connectivity index (χ1v) is 9.48. The van der Waals surface area contributed by atoms with Crippen LogP contribution in [0.1, 0.15) is 43.7 Å². The van der Waals surface area contributed by atoms with E-state index in [2.05, 4.69) is 29.6 Å². The lowest BCUT2D eigenvalue weighted by Gasteiger charge is -2.43. The van der Waals surface area contributed by atoms with Gasteiger partial charge in [0.15, 0.2) is 0 Å². The molecule has 22 heavy (non-hydrogen) atoms. The van der Waals surface area contributed by atoms with Gasteiger partial charge < -0.3 is 11.1 Å². The van der Waals surface area contributed by atoms with Gasteiger partial charge in [-0.25, -0.2) is 0 Å². The van der Waals surface area contributed by atoms with Gasteiger partial charge in [0.2, 0.25) is 5.91 Å². The summed E-state index contributed by atoms with van der Waals surface area (Å²) in [6, 6.07) is 8.94. The van der Waals surface area contributed by atoms with Crippen molar-refractivity contribution < 1.29 is 4.79 Å². The summed E-state index contributed by atoms with van der Waals surface area (Å²) >= 11 is 1.85. The first-order valence-electron chi connectivity index (χ1n) is 8.50. The van der Waals surface area contributed by atoms with Gasteiger partial charge >= 0.3 is 0 Å². The van der Waals surface area contributed by atoms with Crippen molar-refractivity contribution >= 4 is 17.7 Å². The zero-order chi connectivity index (χ0) is 15.1. The quantitative estimate of drug-likeness (QED) is 0.881. The van der Waals surface area contributed by atoms with Gasteiger partial charge in [-0.15, -0.1) is 11.8 Å². The van der Waals surface area contributed by atoms with Crippen molar-refractivity contribution in [3.05, 3.63) is 29.8 Å². The van der Waals surface area contributed by atoms with Gasteiger partial charge in [-0.05, 0) is 49.1 Å². The Hall–Kier alpha value is -1.00. The number of nitrogens with one attached hydrogen (secondary N) is 1. The number of carbonyl (C=O) groups excluding carboxylic acids is 1. The highest BCUT2D eigenvalue weighted by atomic mass is 32.2. The number of thioether (sulfide) groups is 1. The summed E-state index contributed by atoms with van der Waals surface area (Å²) in [7, 11) is 0. The summed E-state index contributed by atoms with van der Waals surface area (Å²) in [6.45, 7) is 0. The molecular weight excluding hydrogens is 292 g/mol. The largest absolute Gasteiger partial charge is 0.348 e. The molecule has 1 aromatic carbocycles. The number of carbonyl (C=O) groups is 1. The number of rotatable bonds is 2. The molecule has 3 N–H and O–H groups in total. The lowest BCUT2D eigenvalue weighted by Crippen LogP contribution is -2.49. The van der Waals surface area contributed by atoms with Crippen molar-refractivity contribution in [3.63, 3.8) is 0 Å². The average molecular weight is 316 g/mol. The van der Waals surface area contributed by atoms with Crippen LogP contribution in [-0.4, -0.2) is 17.7 Å². The molecule has 1 aromatic rings. The van der Waals surface area contributed by atoms with E-state index in [9.17, 15) is 4.79 Å². The molecule has 0 saturated heterocycles. The van der Waals surface area contributed by atoms with E-state index in [0.717, 1.165) is 18.6 Å². The second kappa shape index (κ2) is 5.89. The molecule has 2 aliphatic carbocycles. The van der Waals surface area contributed by atoms with Crippen molar-refractivity contribution in [1.82, 2.24) is 5.32 Å². The second-order valence-electron chi connectivity index (χ2n) is 7.11. The molecule has 0 radical (unpaired) electrons. The van der Waals surface area contributed by atoms with E-state index >= 15 is 0 Å². The molecule has 118 valence electrons. The van der Waals surface area contributed by atoms with Crippen LogP contribution in [0, 0.1) is 17.8 Å². The number of benzene rings is 1. The Kier molecular flexibility index (Phi) is 3.91. The van der Waals surface area contributed by atoms with Gasteiger partial charge in [0, 0.05) is 22.6 Å². The molecule has 0 spiro atoms. The second-order valence-corrected chi connectivity index (χ2v) is 8.17. The number of hydrogen-bond donors (Lipinski definition) is 2. The molecule has 1 amide bonds. The minimum atomic E-state index is 0.174. The fourth-order valence-corrected chi connectivity index (χ4v) is 5.74. The van der Waals surface area contributed by atoms with Crippen molar-refractivity contribution in [3.8, 4) is 0 Å². The van der Waals surface area contributed by atoms with Crippen LogP contribution in [0.5, 0.6) is 0 Å². The molecule has 2 fully saturated rings. The number of nitrogens with two attached hydrogens (primary N) is 1. The smallest absolute Gasteiger partial charge is 0.223 e. The third-order valence-electron chi connectivity index (χ3n) is 5.80. The Morgan fingerprint density at radius 3 is 2.68 bits per heavy atom. The van der Waals surface area contributed by atoms with E-state index < -0.39 is 0 Å². The molecule has 0 aromatic heterocycles. The summed E-state index contributed by atoms with van der Waals surface area (Å²) in [6.07, 6.45) is 5.70. The minimum Gasteiger partial charge on any atom is -0.348 e. The van der Waals surface area contributed by atoms with Crippen molar-refractivity contribution in [2.24, 2.45) is 23.5 Å². The topological polar surface area (TPSA) is 55.1 Å². The van der Waals surface area contributed by atoms with Gasteiger partial charge in [-0.2, -0.15) is 0 Å². The fourth-order valence-electron chi connectivity index (χ4n) is 4.57. The third kappa shape index (κ3) is 2.56. The predicted molar refractivity (Wildman–Crippen MR) is 89.6 cm³/mol. The summed E-state index contributed by atoms with van der Waals surface area (Å²) < 4.78 is 0. The van der Waals surface area contributed by atoms with Crippen LogP contribution in [0.25, 0.3) is 0 Å². The van der Waals surface area contributed by atoms with Gasteiger partial charge in [0.25, 0.3) is 0 Å². The highest BCUT2D eigenvalue weighted by molar-refractivity contribution is 7.99. The maximum absolute atomic E-state index is 12.7. The van der Waals surface area contributed by atoms with Crippen LogP contribution >= 0.6 is 11.8 Å². The lowest BCUT2D eigenvalue weighted by atomic mass is 9.65. The Balaban J connectivity index is 1.43. The zero-order valence-corrected chi connectivity index (χ0v) is 13.6. The summed E-state index contributed by atoms with van der Waals surface area (Å²) in [4.78, 5) is 14.1. The lowest BCUT2D eigenvalue weighted by molar-refractivity contribution is -0.128. The van der Waals surface area contributed by atoms with Crippen molar-refractivity contribution in [1.29, 1.82) is 0 Å². The molecule has 2 saturated carbocycles. The summed E-state index contributed by atoms with van der Waals surface area (Å²) in [5, 5.41) is 3.31. The zero-order valence-electron chi connectivity index (χ0n) is 12.8. The van der Waals surface area contributed by atoms with Crippen LogP contribution < -0.4 is 11.1 Å². The van der Waals surface area contributed by atoms with Gasteiger partial charge in [-0.3, -0.25) is 4.79 Å². The third-order valence-corrected chi connectivity index (χ3v) is 6.98. The number of fused-ring (bicyclic) bond motifs is 3. The molecule has 2 bridgehead atoms. The molecule has 3 atom stereocenters. The first kappa shape index (κ1) is 14.6. The molecule has 4 heteroatoms. The van der Waals surface area contributed by atoms with Crippen LogP contribution in [0.4, 0.5) is 0 Å². The number of amides is 1. The summed E-state index contributed by atoms with van der Waals surface area (Å²) in [5.41, 5.74) is 7.62. The molecule has 4 rings (SSSR count). The Morgan fingerprint density at radius 1 is 1.18 bits per heavy atom. The predicted octanol–water partition coefficient (Wildman–Crippen LogP) is 3.10. The molecular formula is C18H24N2OS. The maximum Gasteiger partial charge on any atom is 0.223 e. The molecule has 3 unspecified atom stereocenters. The molecule has 1 heterocycles. The van der Waals surface area contributed by atoms with E-state index in [-0.39, 0.29) is 17.9 Å². The average Bonchev–Trinajstić information content (AvgIpc) is 2.90. The Morgan fingerprint density at radius 2 is 1.91 bits per heavy atom. The summed E-state index contributed by atoms with van der Waals surface area (Å²) in [5.74, 6) is 2.52. The molecule has 1 aliphatic heterocycles. The van der Waals surface area contributed by atoms with Gasteiger partial charge in [0.1, 0.15) is 0 Å². The van der Waals surface area contributed by atoms with Crippen molar-refractivity contribution in [2.45, 2.75) is 49.1 Å². The monoisotopic (exact) mass is 316 g/mol. The van der Waals surface area contributed by atoms with E-state index in [1.54, 1.807) is 0 Å². The standard InChI is InChI=1S/C18H24N2OS/c19-17-11-4-3-5-12(17)9-13(8-11)18(21)20-15-10-22-16-7-2-1-6-14(15)16/h1-2,6-7,11-13,15,17H,3-5,8-10,19H2,(H,20,21). The minimum absolute atomic E-state index is 0.174. The Labute approximate surface area is 136 Å². The van der Waals surface area contributed by atoms with Crippen molar-refractivity contribution in [2.75, 3.05) is 5.75 Å². The first-order chi connectivity index (χ1) is 10.7. The maximum atomic E-state index is 12.7. The number of hydrogen-bond acceptors (Lipinski definition) is 3. The molecule has 3 aliphatic rings. The van der Waals surface area contributed by atoms with E-state index in [0.29, 0.717) is 17.9 Å². The van der Waals surface area contributed by atoms with Crippen LogP contribution in [0.3, 0.4) is 0 Å².